The minimum absolute atomic E-state index is 0.116. The van der Waals surface area contributed by atoms with Crippen molar-refractivity contribution in [1.29, 1.82) is 0 Å². The van der Waals surface area contributed by atoms with E-state index in [1.807, 2.05) is 12.1 Å². The number of hydrogen-bond acceptors (Lipinski definition) is 6. The van der Waals surface area contributed by atoms with E-state index in [1.54, 1.807) is 36.4 Å². The van der Waals surface area contributed by atoms with Gasteiger partial charge in [-0.15, -0.1) is 8.42 Å². The van der Waals surface area contributed by atoms with Crippen LogP contribution in [0.2, 0.25) is 0 Å². The SMILES string of the molecule is CCCCCCCCCCCCCCCCCCOc1ccccc1OS(=O)(=O)Oc1ccccc1OCCCCCCCCCCCCCCCCCC. The second-order valence-electron chi connectivity index (χ2n) is 15.8. The van der Waals surface area contributed by atoms with E-state index in [0.29, 0.717) is 24.7 Å². The largest absolute Gasteiger partial charge is 0.501 e. The Labute approximate surface area is 339 Å². The Morgan fingerprint density at radius 2 is 0.545 bits per heavy atom. The molecule has 0 N–H and O–H groups in total. The van der Waals surface area contributed by atoms with Gasteiger partial charge in [0.25, 0.3) is 0 Å². The van der Waals surface area contributed by atoms with Gasteiger partial charge in [0.05, 0.1) is 13.2 Å². The third-order valence-corrected chi connectivity index (χ3v) is 11.4. The quantitative estimate of drug-likeness (QED) is 0.0627. The molecule has 0 unspecified atom stereocenters. The monoisotopic (exact) mass is 787 g/mol. The first-order chi connectivity index (χ1) is 27.1. The number of benzene rings is 2. The van der Waals surface area contributed by atoms with Gasteiger partial charge in [0.15, 0.2) is 23.0 Å². The van der Waals surface area contributed by atoms with Gasteiger partial charge in [0, 0.05) is 0 Å². The van der Waals surface area contributed by atoms with Crippen LogP contribution in [0.15, 0.2) is 48.5 Å². The van der Waals surface area contributed by atoms with Crippen molar-refractivity contribution in [3.8, 4) is 23.0 Å². The zero-order valence-corrected chi connectivity index (χ0v) is 36.3. The Morgan fingerprint density at radius 3 is 0.800 bits per heavy atom. The van der Waals surface area contributed by atoms with Crippen LogP contribution < -0.4 is 17.8 Å². The van der Waals surface area contributed by atoms with Gasteiger partial charge in [-0.25, -0.2) is 0 Å². The maximum Gasteiger partial charge on any atom is 0.501 e. The molecule has 55 heavy (non-hydrogen) atoms. The summed E-state index contributed by atoms with van der Waals surface area (Å²) in [5, 5.41) is 0. The Hall–Kier alpha value is -2.41. The maximum atomic E-state index is 13.0. The van der Waals surface area contributed by atoms with E-state index < -0.39 is 10.4 Å². The van der Waals surface area contributed by atoms with E-state index in [2.05, 4.69) is 13.8 Å². The van der Waals surface area contributed by atoms with Gasteiger partial charge in [-0.05, 0) is 37.1 Å². The lowest BCUT2D eigenvalue weighted by molar-refractivity contribution is 0.285. The summed E-state index contributed by atoms with van der Waals surface area (Å²) in [4.78, 5) is 0. The Morgan fingerprint density at radius 1 is 0.327 bits per heavy atom. The predicted octanol–water partition coefficient (Wildman–Crippen LogP) is 15.7. The van der Waals surface area contributed by atoms with E-state index in [4.69, 9.17) is 17.8 Å². The predicted molar refractivity (Wildman–Crippen MR) is 233 cm³/mol. The molecular weight excluding hydrogens is 705 g/mol. The summed E-state index contributed by atoms with van der Waals surface area (Å²) in [5.74, 6) is 1.02. The highest BCUT2D eigenvalue weighted by Gasteiger charge is 2.21. The standard InChI is InChI=1S/C48H82O6S/c1-3-5-7-9-11-13-15-17-19-21-23-25-27-29-31-37-43-51-45-39-33-35-41-47(45)53-55(49,50)54-48-42-36-34-40-46(48)52-44-38-32-30-28-26-24-22-20-18-16-14-12-10-8-6-4-2/h33-36,39-42H,3-32,37-38,43-44H2,1-2H3. The van der Waals surface area contributed by atoms with Crippen molar-refractivity contribution >= 4 is 10.4 Å². The Bertz CT molecular complexity index is 1160. The first-order valence-electron chi connectivity index (χ1n) is 23.1. The van der Waals surface area contributed by atoms with Crippen molar-refractivity contribution in [3.63, 3.8) is 0 Å². The lowest BCUT2D eigenvalue weighted by Gasteiger charge is -2.14. The van der Waals surface area contributed by atoms with Gasteiger partial charge in [-0.3, -0.25) is 0 Å². The molecule has 0 aliphatic rings. The summed E-state index contributed by atoms with van der Waals surface area (Å²) in [7, 11) is -4.42. The molecule has 0 fully saturated rings. The first kappa shape index (κ1) is 48.7. The van der Waals surface area contributed by atoms with Crippen molar-refractivity contribution in [2.24, 2.45) is 0 Å². The van der Waals surface area contributed by atoms with Crippen LogP contribution in [-0.4, -0.2) is 21.6 Å². The van der Waals surface area contributed by atoms with Gasteiger partial charge in [0.2, 0.25) is 0 Å². The van der Waals surface area contributed by atoms with Crippen LogP contribution in [-0.2, 0) is 10.4 Å². The number of hydrogen-bond donors (Lipinski definition) is 0. The highest BCUT2D eigenvalue weighted by molar-refractivity contribution is 7.82. The summed E-state index contributed by atoms with van der Waals surface area (Å²) in [6.45, 7) is 5.57. The zero-order chi connectivity index (χ0) is 39.3. The van der Waals surface area contributed by atoms with Crippen LogP contribution in [0.3, 0.4) is 0 Å². The van der Waals surface area contributed by atoms with Crippen molar-refractivity contribution in [2.45, 2.75) is 219 Å². The molecule has 0 aliphatic heterocycles. The lowest BCUT2D eigenvalue weighted by Crippen LogP contribution is -2.17. The molecule has 0 heterocycles. The summed E-state index contributed by atoms with van der Waals surface area (Å²) in [5.41, 5.74) is 0. The molecular formula is C48H82O6S. The van der Waals surface area contributed by atoms with Crippen LogP contribution in [0.1, 0.15) is 219 Å². The fraction of sp³-hybridized carbons (Fsp3) is 0.750. The van der Waals surface area contributed by atoms with Crippen LogP contribution in [0, 0.1) is 0 Å². The molecule has 0 atom stereocenters. The molecule has 0 aliphatic carbocycles. The zero-order valence-electron chi connectivity index (χ0n) is 35.5. The fourth-order valence-corrected chi connectivity index (χ4v) is 7.93. The van der Waals surface area contributed by atoms with Gasteiger partial charge in [-0.1, -0.05) is 231 Å². The minimum atomic E-state index is -4.42. The topological polar surface area (TPSA) is 71.1 Å². The molecule has 0 aromatic heterocycles. The van der Waals surface area contributed by atoms with Crippen molar-refractivity contribution < 1.29 is 26.3 Å². The molecule has 0 bridgehead atoms. The van der Waals surface area contributed by atoms with E-state index in [9.17, 15) is 8.42 Å². The molecule has 7 heteroatoms. The van der Waals surface area contributed by atoms with E-state index in [-0.39, 0.29) is 11.5 Å². The molecule has 316 valence electrons. The number of para-hydroxylation sites is 4. The summed E-state index contributed by atoms with van der Waals surface area (Å²) in [6, 6.07) is 13.7. The maximum absolute atomic E-state index is 13.0. The average molecular weight is 787 g/mol. The van der Waals surface area contributed by atoms with Crippen molar-refractivity contribution in [1.82, 2.24) is 0 Å². The molecule has 0 spiro atoms. The first-order valence-corrected chi connectivity index (χ1v) is 24.5. The van der Waals surface area contributed by atoms with Gasteiger partial charge >= 0.3 is 10.4 Å². The van der Waals surface area contributed by atoms with E-state index in [1.165, 1.54) is 180 Å². The molecule has 0 amide bonds. The molecule has 2 aromatic carbocycles. The smallest absolute Gasteiger partial charge is 0.490 e. The minimum Gasteiger partial charge on any atom is -0.490 e. The second kappa shape index (κ2) is 34.8. The molecule has 2 aromatic rings. The highest BCUT2D eigenvalue weighted by Crippen LogP contribution is 2.32. The summed E-state index contributed by atoms with van der Waals surface area (Å²) < 4.78 is 48.6. The lowest BCUT2D eigenvalue weighted by atomic mass is 10.0. The highest BCUT2D eigenvalue weighted by atomic mass is 32.3. The third kappa shape index (κ3) is 27.8. The van der Waals surface area contributed by atoms with Crippen LogP contribution in [0.5, 0.6) is 23.0 Å². The third-order valence-electron chi connectivity index (χ3n) is 10.6. The van der Waals surface area contributed by atoms with Crippen LogP contribution >= 0.6 is 0 Å². The van der Waals surface area contributed by atoms with Gasteiger partial charge in [0.1, 0.15) is 0 Å². The number of ether oxygens (including phenoxy) is 2. The second-order valence-corrected chi connectivity index (χ2v) is 16.9. The van der Waals surface area contributed by atoms with Crippen molar-refractivity contribution in [2.75, 3.05) is 13.2 Å². The van der Waals surface area contributed by atoms with Crippen LogP contribution in [0.25, 0.3) is 0 Å². The molecule has 0 radical (unpaired) electrons. The fourth-order valence-electron chi connectivity index (χ4n) is 7.18. The molecule has 2 rings (SSSR count). The molecule has 0 saturated heterocycles. The summed E-state index contributed by atoms with van der Waals surface area (Å²) >= 11 is 0. The molecule has 0 saturated carbocycles. The van der Waals surface area contributed by atoms with E-state index in [0.717, 1.165) is 25.7 Å². The van der Waals surface area contributed by atoms with Crippen molar-refractivity contribution in [3.05, 3.63) is 48.5 Å². The van der Waals surface area contributed by atoms with E-state index >= 15 is 0 Å². The van der Waals surface area contributed by atoms with Crippen LogP contribution in [0.4, 0.5) is 0 Å². The van der Waals surface area contributed by atoms with Gasteiger partial charge < -0.3 is 17.8 Å². The molecule has 6 nitrogen and oxygen atoms in total. The van der Waals surface area contributed by atoms with Gasteiger partial charge in [-0.2, -0.15) is 0 Å². The Kier molecular flexibility index (Phi) is 30.8. The Balaban J connectivity index is 1.54. The number of rotatable bonds is 40. The average Bonchev–Trinajstić information content (AvgIpc) is 3.18. The number of unbranched alkanes of at least 4 members (excludes halogenated alkanes) is 30. The normalized spacial score (nSPS) is 11.5. The summed E-state index contributed by atoms with van der Waals surface area (Å²) in [6.07, 6.45) is 42.1.